The highest BCUT2D eigenvalue weighted by Gasteiger charge is 2.08. The summed E-state index contributed by atoms with van der Waals surface area (Å²) in [6, 6.07) is 9.78. The Labute approximate surface area is 131 Å². The van der Waals surface area contributed by atoms with Crippen molar-refractivity contribution in [2.24, 2.45) is 0 Å². The zero-order valence-corrected chi connectivity index (χ0v) is 13.6. The first-order valence-corrected chi connectivity index (χ1v) is 7.51. The summed E-state index contributed by atoms with van der Waals surface area (Å²) in [4.78, 5) is 8.95. The molecule has 2 aromatic rings. The monoisotopic (exact) mass is 301 g/mol. The van der Waals surface area contributed by atoms with Crippen LogP contribution in [0.1, 0.15) is 38.1 Å². The number of ether oxygens (including phenoxy) is 2. The molecule has 118 valence electrons. The summed E-state index contributed by atoms with van der Waals surface area (Å²) in [5, 5.41) is 3.32. The van der Waals surface area contributed by atoms with Crippen LogP contribution in [0.3, 0.4) is 0 Å². The lowest BCUT2D eigenvalue weighted by molar-refractivity contribution is 0.324. The summed E-state index contributed by atoms with van der Waals surface area (Å²) in [5.41, 5.74) is 1.16. The van der Waals surface area contributed by atoms with Gasteiger partial charge < -0.3 is 14.8 Å². The molecule has 2 rings (SSSR count). The van der Waals surface area contributed by atoms with Crippen LogP contribution in [-0.2, 0) is 6.54 Å². The van der Waals surface area contributed by atoms with Crippen molar-refractivity contribution in [1.29, 1.82) is 0 Å². The third kappa shape index (κ3) is 4.35. The van der Waals surface area contributed by atoms with Crippen molar-refractivity contribution in [3.63, 3.8) is 0 Å². The van der Waals surface area contributed by atoms with E-state index in [-0.39, 0.29) is 5.92 Å². The first-order valence-electron chi connectivity index (χ1n) is 7.51. The average Bonchev–Trinajstić information content (AvgIpc) is 2.53. The first-order chi connectivity index (χ1) is 10.6. The fourth-order valence-corrected chi connectivity index (χ4v) is 1.95. The van der Waals surface area contributed by atoms with Gasteiger partial charge in [0, 0.05) is 18.5 Å². The molecule has 0 bridgehead atoms. The Balaban J connectivity index is 2.10. The molecule has 1 aromatic heterocycles. The van der Waals surface area contributed by atoms with Gasteiger partial charge in [-0.05, 0) is 24.6 Å². The maximum absolute atomic E-state index is 5.51. The molecular weight excluding hydrogens is 278 g/mol. The third-order valence-electron chi connectivity index (χ3n) is 3.16. The Kier molecular flexibility index (Phi) is 5.58. The minimum absolute atomic E-state index is 0.252. The summed E-state index contributed by atoms with van der Waals surface area (Å²) in [7, 11) is 1.66. The van der Waals surface area contributed by atoms with Crippen LogP contribution >= 0.6 is 0 Å². The molecule has 0 radical (unpaired) electrons. The minimum atomic E-state index is 0.252. The second kappa shape index (κ2) is 7.64. The molecule has 0 spiro atoms. The number of benzene rings is 1. The van der Waals surface area contributed by atoms with E-state index in [1.165, 1.54) is 0 Å². The van der Waals surface area contributed by atoms with E-state index >= 15 is 0 Å². The van der Waals surface area contributed by atoms with Crippen LogP contribution in [0.15, 0.2) is 30.3 Å². The van der Waals surface area contributed by atoms with Crippen molar-refractivity contribution >= 4 is 5.82 Å². The summed E-state index contributed by atoms with van der Waals surface area (Å²) < 4.78 is 10.7. The molecule has 1 N–H and O–H groups in total. The standard InChI is InChI=1S/C17H23N3O2/c1-5-22-16-10-15(19-17(20-16)12(2)3)18-11-13-6-8-14(21-4)9-7-13/h6-10,12H,5,11H2,1-4H3,(H,18,19,20). The Morgan fingerprint density at radius 3 is 2.45 bits per heavy atom. The van der Waals surface area contributed by atoms with Gasteiger partial charge in [0.2, 0.25) is 5.88 Å². The Morgan fingerprint density at radius 1 is 1.14 bits per heavy atom. The van der Waals surface area contributed by atoms with Crippen LogP contribution in [0, 0.1) is 0 Å². The highest BCUT2D eigenvalue weighted by molar-refractivity contribution is 5.40. The van der Waals surface area contributed by atoms with Gasteiger partial charge in [0.15, 0.2) is 0 Å². The van der Waals surface area contributed by atoms with Gasteiger partial charge in [-0.15, -0.1) is 0 Å². The van der Waals surface area contributed by atoms with E-state index in [9.17, 15) is 0 Å². The molecule has 0 atom stereocenters. The molecule has 1 heterocycles. The SMILES string of the molecule is CCOc1cc(NCc2ccc(OC)cc2)nc(C(C)C)n1. The van der Waals surface area contributed by atoms with E-state index in [1.54, 1.807) is 7.11 Å². The summed E-state index contributed by atoms with van der Waals surface area (Å²) in [6.07, 6.45) is 0. The second-order valence-electron chi connectivity index (χ2n) is 5.24. The van der Waals surface area contributed by atoms with Gasteiger partial charge in [0.05, 0.1) is 13.7 Å². The van der Waals surface area contributed by atoms with Crippen LogP contribution in [0.5, 0.6) is 11.6 Å². The molecular formula is C17H23N3O2. The van der Waals surface area contributed by atoms with Crippen molar-refractivity contribution in [1.82, 2.24) is 9.97 Å². The van der Waals surface area contributed by atoms with Gasteiger partial charge in [0.1, 0.15) is 17.4 Å². The van der Waals surface area contributed by atoms with Gasteiger partial charge >= 0.3 is 0 Å². The summed E-state index contributed by atoms with van der Waals surface area (Å²) >= 11 is 0. The van der Waals surface area contributed by atoms with Crippen LogP contribution in [0.4, 0.5) is 5.82 Å². The number of rotatable bonds is 7. The number of hydrogen-bond donors (Lipinski definition) is 1. The molecule has 0 unspecified atom stereocenters. The lowest BCUT2D eigenvalue weighted by atomic mass is 10.2. The van der Waals surface area contributed by atoms with Crippen molar-refractivity contribution in [2.75, 3.05) is 19.0 Å². The van der Waals surface area contributed by atoms with Gasteiger partial charge in [-0.25, -0.2) is 4.98 Å². The molecule has 22 heavy (non-hydrogen) atoms. The largest absolute Gasteiger partial charge is 0.497 e. The van der Waals surface area contributed by atoms with Crippen molar-refractivity contribution < 1.29 is 9.47 Å². The quantitative estimate of drug-likeness (QED) is 0.846. The topological polar surface area (TPSA) is 56.3 Å². The molecule has 0 fully saturated rings. The normalized spacial score (nSPS) is 10.6. The van der Waals surface area contributed by atoms with Gasteiger partial charge in [-0.3, -0.25) is 0 Å². The summed E-state index contributed by atoms with van der Waals surface area (Å²) in [5.74, 6) is 3.27. The smallest absolute Gasteiger partial charge is 0.218 e. The van der Waals surface area contributed by atoms with Gasteiger partial charge in [-0.1, -0.05) is 26.0 Å². The van der Waals surface area contributed by atoms with E-state index in [2.05, 4.69) is 29.1 Å². The zero-order valence-electron chi connectivity index (χ0n) is 13.6. The number of hydrogen-bond acceptors (Lipinski definition) is 5. The van der Waals surface area contributed by atoms with E-state index in [4.69, 9.17) is 9.47 Å². The predicted molar refractivity (Wildman–Crippen MR) is 87.6 cm³/mol. The summed E-state index contributed by atoms with van der Waals surface area (Å²) in [6.45, 7) is 7.36. The molecule has 0 aliphatic heterocycles. The Morgan fingerprint density at radius 2 is 1.86 bits per heavy atom. The highest BCUT2D eigenvalue weighted by atomic mass is 16.5. The number of nitrogens with one attached hydrogen (secondary N) is 1. The number of aromatic nitrogens is 2. The Bertz CT molecular complexity index is 597. The van der Waals surface area contributed by atoms with Crippen LogP contribution < -0.4 is 14.8 Å². The average molecular weight is 301 g/mol. The molecule has 0 amide bonds. The molecule has 0 aliphatic rings. The molecule has 0 saturated carbocycles. The fourth-order valence-electron chi connectivity index (χ4n) is 1.95. The van der Waals surface area contributed by atoms with Gasteiger partial charge in [-0.2, -0.15) is 4.98 Å². The van der Waals surface area contributed by atoms with E-state index in [0.717, 1.165) is 23.0 Å². The number of nitrogens with zero attached hydrogens (tertiary/aromatic N) is 2. The molecule has 0 saturated heterocycles. The molecule has 1 aromatic carbocycles. The van der Waals surface area contributed by atoms with Crippen molar-refractivity contribution in [3.05, 3.63) is 41.7 Å². The van der Waals surface area contributed by atoms with Gasteiger partial charge in [0.25, 0.3) is 0 Å². The maximum Gasteiger partial charge on any atom is 0.218 e. The van der Waals surface area contributed by atoms with E-state index < -0.39 is 0 Å². The van der Waals surface area contributed by atoms with Crippen LogP contribution in [0.2, 0.25) is 0 Å². The predicted octanol–water partition coefficient (Wildman–Crippen LogP) is 3.62. The van der Waals surface area contributed by atoms with Crippen LogP contribution in [0.25, 0.3) is 0 Å². The second-order valence-corrected chi connectivity index (χ2v) is 5.24. The van der Waals surface area contributed by atoms with Crippen molar-refractivity contribution in [2.45, 2.75) is 33.2 Å². The Hall–Kier alpha value is -2.30. The molecule has 5 heteroatoms. The van der Waals surface area contributed by atoms with Crippen molar-refractivity contribution in [3.8, 4) is 11.6 Å². The lowest BCUT2D eigenvalue weighted by Crippen LogP contribution is -2.07. The number of anilines is 1. The number of methoxy groups -OCH3 is 1. The highest BCUT2D eigenvalue weighted by Crippen LogP contribution is 2.19. The molecule has 0 aliphatic carbocycles. The van der Waals surface area contributed by atoms with E-state index in [0.29, 0.717) is 19.0 Å². The zero-order chi connectivity index (χ0) is 15.9. The van der Waals surface area contributed by atoms with E-state index in [1.807, 2.05) is 37.3 Å². The first kappa shape index (κ1) is 16.1. The maximum atomic E-state index is 5.51. The molecule has 5 nitrogen and oxygen atoms in total. The third-order valence-corrected chi connectivity index (χ3v) is 3.16. The fraction of sp³-hybridized carbons (Fsp3) is 0.412. The van der Waals surface area contributed by atoms with Crippen LogP contribution in [-0.4, -0.2) is 23.7 Å². The minimum Gasteiger partial charge on any atom is -0.497 e. The lowest BCUT2D eigenvalue weighted by Gasteiger charge is -2.12.